The number of imide groups is 2. The Morgan fingerprint density at radius 3 is 2.05 bits per heavy atom. The minimum Gasteiger partial charge on any atom is -0.372 e. The van der Waals surface area contributed by atoms with Crippen molar-refractivity contribution in [3.05, 3.63) is 82.8 Å². The number of benzene rings is 2. The molecule has 65 heavy (non-hydrogen) atoms. The van der Waals surface area contributed by atoms with Gasteiger partial charge in [0.2, 0.25) is 17.7 Å². The fourth-order valence-electron chi connectivity index (χ4n) is 10.5. The first kappa shape index (κ1) is 44.2. The average Bonchev–Trinajstić information content (AvgIpc) is 3.85. The SMILES string of the molecule is [C-]#[N+]c1ccc(N2CCC(C(=O)Nc3ccc(N4CCC(CN5CC[C@H](CN6CCN(c7ccc8c(c7)C(=O)N(C7CCC(=O)NC7=O)C8=O)CC6)C5)CC4)cn3)CC2)cc1C(F)(F)F. The summed E-state index contributed by atoms with van der Waals surface area (Å²) in [7, 11) is 0. The van der Waals surface area contributed by atoms with Crippen molar-refractivity contribution in [2.24, 2.45) is 17.8 Å². The maximum Gasteiger partial charge on any atom is 0.407 e. The van der Waals surface area contributed by atoms with Crippen molar-refractivity contribution < 1.29 is 37.1 Å². The Kier molecular flexibility index (Phi) is 12.5. The van der Waals surface area contributed by atoms with Crippen LogP contribution in [0.4, 0.5) is 41.7 Å². The molecule has 3 aromatic rings. The maximum absolute atomic E-state index is 13.5. The number of likely N-dealkylation sites (tertiary alicyclic amines) is 1. The van der Waals surface area contributed by atoms with E-state index < -0.39 is 47.1 Å². The number of carbonyl (C=O) groups excluding carboxylic acids is 5. The van der Waals surface area contributed by atoms with Gasteiger partial charge < -0.3 is 24.9 Å². The van der Waals surface area contributed by atoms with Crippen LogP contribution in [0.5, 0.6) is 0 Å². The second-order valence-corrected chi connectivity index (χ2v) is 18.3. The van der Waals surface area contributed by atoms with Crippen LogP contribution in [0.25, 0.3) is 4.85 Å². The van der Waals surface area contributed by atoms with Crippen LogP contribution in [0.1, 0.15) is 71.2 Å². The van der Waals surface area contributed by atoms with E-state index in [1.807, 2.05) is 29.3 Å². The molecule has 5 amide bonds. The average molecular weight is 895 g/mol. The van der Waals surface area contributed by atoms with Crippen molar-refractivity contribution in [1.29, 1.82) is 0 Å². The van der Waals surface area contributed by atoms with E-state index in [4.69, 9.17) is 6.57 Å². The monoisotopic (exact) mass is 894 g/mol. The van der Waals surface area contributed by atoms with Crippen molar-refractivity contribution in [3.8, 4) is 0 Å². The summed E-state index contributed by atoms with van der Waals surface area (Å²) in [6.45, 7) is 17.6. The number of carbonyl (C=O) groups is 5. The molecule has 15 nitrogen and oxygen atoms in total. The fraction of sp³-hybridized carbons (Fsp3) is 0.511. The van der Waals surface area contributed by atoms with E-state index in [1.165, 1.54) is 18.6 Å². The van der Waals surface area contributed by atoms with Gasteiger partial charge in [0.25, 0.3) is 11.8 Å². The first-order chi connectivity index (χ1) is 31.3. The first-order valence-electron chi connectivity index (χ1n) is 22.7. The molecule has 1 unspecified atom stereocenters. The molecule has 5 saturated heterocycles. The van der Waals surface area contributed by atoms with Gasteiger partial charge in [-0.2, -0.15) is 13.2 Å². The molecular formula is C47H53F3N10O5. The number of alkyl halides is 3. The summed E-state index contributed by atoms with van der Waals surface area (Å²) in [6, 6.07) is 12.0. The van der Waals surface area contributed by atoms with Gasteiger partial charge in [0.1, 0.15) is 11.9 Å². The summed E-state index contributed by atoms with van der Waals surface area (Å²) in [5.41, 5.74) is 1.55. The van der Waals surface area contributed by atoms with E-state index in [0.717, 1.165) is 101 Å². The first-order valence-corrected chi connectivity index (χ1v) is 22.7. The third-order valence-corrected chi connectivity index (χ3v) is 14.2. The number of halogens is 3. The number of hydrogen-bond acceptors (Lipinski definition) is 11. The lowest BCUT2D eigenvalue weighted by Gasteiger charge is -2.37. The third kappa shape index (κ3) is 9.53. The number of aromatic nitrogens is 1. The number of nitrogens with zero attached hydrogens (tertiary/aromatic N) is 8. The molecule has 0 bridgehead atoms. The van der Waals surface area contributed by atoms with Gasteiger partial charge in [-0.3, -0.25) is 39.1 Å². The van der Waals surface area contributed by atoms with Gasteiger partial charge in [0.15, 0.2) is 5.69 Å². The van der Waals surface area contributed by atoms with Crippen LogP contribution >= 0.6 is 0 Å². The summed E-state index contributed by atoms with van der Waals surface area (Å²) < 4.78 is 40.5. The topological polar surface area (TPSA) is 146 Å². The van der Waals surface area contributed by atoms with Gasteiger partial charge in [0, 0.05) is 95.7 Å². The zero-order chi connectivity index (χ0) is 45.4. The predicted octanol–water partition coefficient (Wildman–Crippen LogP) is 5.27. The Hall–Kier alpha value is -6.06. The molecule has 342 valence electrons. The Morgan fingerprint density at radius 1 is 0.723 bits per heavy atom. The number of nitrogens with one attached hydrogen (secondary N) is 2. The van der Waals surface area contributed by atoms with Gasteiger partial charge >= 0.3 is 6.18 Å². The molecular weight excluding hydrogens is 842 g/mol. The van der Waals surface area contributed by atoms with Crippen LogP contribution in [0, 0.1) is 24.3 Å². The van der Waals surface area contributed by atoms with Gasteiger partial charge in [-0.1, -0.05) is 6.07 Å². The second kappa shape index (κ2) is 18.4. The summed E-state index contributed by atoms with van der Waals surface area (Å²) in [5, 5.41) is 5.17. The highest BCUT2D eigenvalue weighted by Crippen LogP contribution is 2.40. The van der Waals surface area contributed by atoms with Crippen molar-refractivity contribution in [1.82, 2.24) is 25.0 Å². The van der Waals surface area contributed by atoms with Crippen molar-refractivity contribution in [2.45, 2.75) is 57.2 Å². The fourth-order valence-corrected chi connectivity index (χ4v) is 10.5. The highest BCUT2D eigenvalue weighted by molar-refractivity contribution is 6.23. The van der Waals surface area contributed by atoms with Crippen LogP contribution in [0.15, 0.2) is 54.7 Å². The van der Waals surface area contributed by atoms with E-state index in [2.05, 4.69) is 40.1 Å². The van der Waals surface area contributed by atoms with E-state index in [1.54, 1.807) is 12.1 Å². The number of piperidine rings is 3. The van der Waals surface area contributed by atoms with Gasteiger partial charge in [-0.15, -0.1) is 0 Å². The molecule has 1 aromatic heterocycles. The number of piperazine rings is 1. The number of pyridine rings is 1. The number of hydrogen-bond donors (Lipinski definition) is 2. The summed E-state index contributed by atoms with van der Waals surface area (Å²) in [5.74, 6) is -0.695. The lowest BCUT2D eigenvalue weighted by atomic mass is 9.95. The third-order valence-electron chi connectivity index (χ3n) is 14.2. The largest absolute Gasteiger partial charge is 0.407 e. The zero-order valence-electron chi connectivity index (χ0n) is 36.2. The highest BCUT2D eigenvalue weighted by atomic mass is 19.4. The molecule has 0 aliphatic carbocycles. The number of anilines is 4. The molecule has 5 fully saturated rings. The van der Waals surface area contributed by atoms with Crippen LogP contribution in [0.2, 0.25) is 0 Å². The van der Waals surface area contributed by atoms with Gasteiger partial charge in [-0.25, -0.2) is 9.83 Å². The van der Waals surface area contributed by atoms with Gasteiger partial charge in [0.05, 0.1) is 35.1 Å². The Morgan fingerprint density at radius 2 is 1.35 bits per heavy atom. The Bertz CT molecular complexity index is 2370. The smallest absolute Gasteiger partial charge is 0.372 e. The van der Waals surface area contributed by atoms with Crippen LogP contribution in [-0.4, -0.2) is 134 Å². The predicted molar refractivity (Wildman–Crippen MR) is 237 cm³/mol. The molecule has 2 atom stereocenters. The Balaban J connectivity index is 0.673. The lowest BCUT2D eigenvalue weighted by Crippen LogP contribution is -2.54. The van der Waals surface area contributed by atoms with Crippen molar-refractivity contribution in [3.63, 3.8) is 0 Å². The van der Waals surface area contributed by atoms with Crippen LogP contribution < -0.4 is 25.3 Å². The molecule has 0 spiro atoms. The van der Waals surface area contributed by atoms with Crippen LogP contribution in [-0.2, 0) is 20.6 Å². The quantitative estimate of drug-likeness (QED) is 0.203. The molecule has 7 heterocycles. The summed E-state index contributed by atoms with van der Waals surface area (Å²) in [4.78, 5) is 83.9. The number of rotatable bonds is 10. The maximum atomic E-state index is 13.5. The molecule has 0 radical (unpaired) electrons. The molecule has 2 aromatic carbocycles. The van der Waals surface area contributed by atoms with Gasteiger partial charge in [-0.05, 0) is 99.4 Å². The normalized spacial score (nSPS) is 22.9. The summed E-state index contributed by atoms with van der Waals surface area (Å²) in [6.07, 6.45) is 1.78. The molecule has 6 aliphatic heterocycles. The minimum atomic E-state index is -4.61. The van der Waals surface area contributed by atoms with E-state index in [0.29, 0.717) is 60.4 Å². The molecule has 9 rings (SSSR count). The van der Waals surface area contributed by atoms with E-state index in [9.17, 15) is 37.1 Å². The zero-order valence-corrected chi connectivity index (χ0v) is 36.2. The molecule has 2 N–H and O–H groups in total. The second-order valence-electron chi connectivity index (χ2n) is 18.3. The molecule has 6 aliphatic rings. The standard InChI is InChI=1S/C47H53F3N10O5/c1-51-39-6-3-34(25-38(39)47(48,49)50)57-18-13-32(14-19-57)43(62)53-41-8-4-35(26-52-41)58-16-11-30(12-17-58)27-56-15-10-31(29-56)28-55-20-22-59(23-21-55)33-2-5-36-37(24-33)46(65)60(45(36)64)40-7-9-42(61)54-44(40)63/h2-6,8,24-26,30-32,40H,7,9-23,27-29H2,(H,52,53,62)(H,54,61,63)/t31-,40?/m1/s1. The molecule has 18 heteroatoms. The lowest BCUT2D eigenvalue weighted by molar-refractivity contribution is -0.137. The summed E-state index contributed by atoms with van der Waals surface area (Å²) >= 11 is 0. The van der Waals surface area contributed by atoms with Crippen molar-refractivity contribution in [2.75, 3.05) is 98.6 Å². The van der Waals surface area contributed by atoms with E-state index in [-0.39, 0.29) is 24.7 Å². The highest BCUT2D eigenvalue weighted by Gasteiger charge is 2.45. The minimum absolute atomic E-state index is 0.0873. The number of amides is 5. The van der Waals surface area contributed by atoms with E-state index >= 15 is 0 Å². The Labute approximate surface area is 375 Å². The number of fused-ring (bicyclic) bond motifs is 1. The van der Waals surface area contributed by atoms with Crippen molar-refractivity contribution >= 4 is 58.1 Å². The molecule has 0 saturated carbocycles. The van der Waals surface area contributed by atoms with Crippen LogP contribution in [0.3, 0.4) is 0 Å².